The maximum atomic E-state index is 11.9. The fraction of sp³-hybridized carbons (Fsp3) is 0.133. The predicted octanol–water partition coefficient (Wildman–Crippen LogP) is 1.89. The Hall–Kier alpha value is -2.21. The SMILES string of the molecule is O=C(CNC(=O)c1cccc(Br)c1)NCc1ccncc1. The summed E-state index contributed by atoms with van der Waals surface area (Å²) in [7, 11) is 0. The molecule has 0 atom stereocenters. The average Bonchev–Trinajstić information content (AvgIpc) is 2.51. The minimum absolute atomic E-state index is 0.0591. The summed E-state index contributed by atoms with van der Waals surface area (Å²) in [5.74, 6) is -0.523. The molecule has 1 heterocycles. The topological polar surface area (TPSA) is 71.1 Å². The first-order valence-corrected chi connectivity index (χ1v) is 7.14. The number of benzene rings is 1. The molecule has 0 unspecified atom stereocenters. The van der Waals surface area contributed by atoms with Crippen LogP contribution in [0.5, 0.6) is 0 Å². The molecular formula is C15H14BrN3O2. The van der Waals surface area contributed by atoms with E-state index in [2.05, 4.69) is 31.5 Å². The highest BCUT2D eigenvalue weighted by molar-refractivity contribution is 9.10. The second kappa shape index (κ2) is 7.54. The fourth-order valence-corrected chi connectivity index (χ4v) is 2.06. The second-order valence-electron chi connectivity index (χ2n) is 4.33. The normalized spacial score (nSPS) is 9.95. The molecule has 5 nitrogen and oxygen atoms in total. The zero-order chi connectivity index (χ0) is 15.1. The van der Waals surface area contributed by atoms with E-state index < -0.39 is 0 Å². The molecule has 0 aliphatic carbocycles. The van der Waals surface area contributed by atoms with Gasteiger partial charge in [-0.15, -0.1) is 0 Å². The Balaban J connectivity index is 1.77. The molecule has 0 bridgehead atoms. The van der Waals surface area contributed by atoms with Gasteiger partial charge in [-0.3, -0.25) is 14.6 Å². The molecule has 2 aromatic rings. The molecule has 2 N–H and O–H groups in total. The standard InChI is InChI=1S/C15H14BrN3O2/c16-13-3-1-2-12(8-13)15(21)19-10-14(20)18-9-11-4-6-17-7-5-11/h1-8H,9-10H2,(H,18,20)(H,19,21). The number of nitrogens with one attached hydrogen (secondary N) is 2. The molecule has 0 aliphatic rings. The van der Waals surface area contributed by atoms with Crippen molar-refractivity contribution in [1.29, 1.82) is 0 Å². The lowest BCUT2D eigenvalue weighted by molar-refractivity contribution is -0.120. The molecule has 21 heavy (non-hydrogen) atoms. The lowest BCUT2D eigenvalue weighted by Gasteiger charge is -2.07. The van der Waals surface area contributed by atoms with Gasteiger partial charge in [0.15, 0.2) is 0 Å². The summed E-state index contributed by atoms with van der Waals surface area (Å²) < 4.78 is 0.817. The van der Waals surface area contributed by atoms with Crippen LogP contribution in [0, 0.1) is 0 Å². The van der Waals surface area contributed by atoms with E-state index in [0.717, 1.165) is 10.0 Å². The van der Waals surface area contributed by atoms with E-state index in [1.54, 1.807) is 30.6 Å². The van der Waals surface area contributed by atoms with Crippen LogP contribution >= 0.6 is 15.9 Å². The van der Waals surface area contributed by atoms with Gasteiger partial charge in [0.05, 0.1) is 6.54 Å². The smallest absolute Gasteiger partial charge is 0.251 e. The first-order chi connectivity index (χ1) is 10.1. The molecule has 2 amide bonds. The van der Waals surface area contributed by atoms with Crippen molar-refractivity contribution in [1.82, 2.24) is 15.6 Å². The van der Waals surface area contributed by atoms with Crippen molar-refractivity contribution in [2.75, 3.05) is 6.54 Å². The van der Waals surface area contributed by atoms with Gasteiger partial charge in [-0.25, -0.2) is 0 Å². The number of amides is 2. The van der Waals surface area contributed by atoms with Crippen LogP contribution in [0.25, 0.3) is 0 Å². The van der Waals surface area contributed by atoms with Crippen LogP contribution in [0.2, 0.25) is 0 Å². The van der Waals surface area contributed by atoms with Crippen LogP contribution in [-0.2, 0) is 11.3 Å². The predicted molar refractivity (Wildman–Crippen MR) is 82.6 cm³/mol. The van der Waals surface area contributed by atoms with Crippen molar-refractivity contribution in [3.63, 3.8) is 0 Å². The lowest BCUT2D eigenvalue weighted by Crippen LogP contribution is -2.36. The van der Waals surface area contributed by atoms with Crippen molar-refractivity contribution < 1.29 is 9.59 Å². The lowest BCUT2D eigenvalue weighted by atomic mass is 10.2. The number of hydrogen-bond donors (Lipinski definition) is 2. The Morgan fingerprint density at radius 2 is 1.86 bits per heavy atom. The van der Waals surface area contributed by atoms with Crippen LogP contribution in [0.1, 0.15) is 15.9 Å². The van der Waals surface area contributed by atoms with E-state index in [9.17, 15) is 9.59 Å². The molecule has 0 spiro atoms. The molecule has 1 aromatic heterocycles. The van der Waals surface area contributed by atoms with E-state index in [-0.39, 0.29) is 18.4 Å². The van der Waals surface area contributed by atoms with Gasteiger partial charge in [-0.1, -0.05) is 22.0 Å². The van der Waals surface area contributed by atoms with Crippen molar-refractivity contribution in [3.05, 3.63) is 64.4 Å². The highest BCUT2D eigenvalue weighted by Gasteiger charge is 2.08. The molecule has 0 saturated heterocycles. The maximum Gasteiger partial charge on any atom is 0.251 e. The zero-order valence-corrected chi connectivity index (χ0v) is 12.8. The van der Waals surface area contributed by atoms with Crippen LogP contribution in [0.4, 0.5) is 0 Å². The summed E-state index contributed by atoms with van der Waals surface area (Å²) in [6.45, 7) is 0.352. The van der Waals surface area contributed by atoms with Gasteiger partial charge in [0.2, 0.25) is 5.91 Å². The summed E-state index contributed by atoms with van der Waals surface area (Å²) >= 11 is 3.30. The Kier molecular flexibility index (Phi) is 5.45. The molecule has 0 radical (unpaired) electrons. The third-order valence-electron chi connectivity index (χ3n) is 2.74. The van der Waals surface area contributed by atoms with Crippen LogP contribution < -0.4 is 10.6 Å². The number of aromatic nitrogens is 1. The summed E-state index contributed by atoms with van der Waals surface area (Å²) in [5.41, 5.74) is 1.46. The number of rotatable bonds is 5. The van der Waals surface area contributed by atoms with Crippen LogP contribution in [-0.4, -0.2) is 23.3 Å². The van der Waals surface area contributed by atoms with Crippen molar-refractivity contribution >= 4 is 27.7 Å². The van der Waals surface area contributed by atoms with Gasteiger partial charge in [0.1, 0.15) is 0 Å². The fourth-order valence-electron chi connectivity index (χ4n) is 1.66. The van der Waals surface area contributed by atoms with Gasteiger partial charge >= 0.3 is 0 Å². The molecule has 2 rings (SSSR count). The number of carbonyl (C=O) groups is 2. The highest BCUT2D eigenvalue weighted by Crippen LogP contribution is 2.11. The zero-order valence-electron chi connectivity index (χ0n) is 11.2. The minimum Gasteiger partial charge on any atom is -0.350 e. The Morgan fingerprint density at radius 1 is 1.10 bits per heavy atom. The van der Waals surface area contributed by atoms with Crippen LogP contribution in [0.15, 0.2) is 53.3 Å². The first kappa shape index (κ1) is 15.2. The summed E-state index contributed by atoms with van der Waals surface area (Å²) in [4.78, 5) is 27.4. The molecule has 0 aliphatic heterocycles. The average molecular weight is 348 g/mol. The van der Waals surface area contributed by atoms with Gasteiger partial charge < -0.3 is 10.6 Å². The largest absolute Gasteiger partial charge is 0.350 e. The second-order valence-corrected chi connectivity index (χ2v) is 5.24. The van der Waals surface area contributed by atoms with Crippen molar-refractivity contribution in [2.24, 2.45) is 0 Å². The Bertz CT molecular complexity index is 632. The number of carbonyl (C=O) groups excluding carboxylic acids is 2. The molecule has 1 aromatic carbocycles. The third kappa shape index (κ3) is 5.00. The van der Waals surface area contributed by atoms with Crippen molar-refractivity contribution in [3.8, 4) is 0 Å². The Morgan fingerprint density at radius 3 is 2.57 bits per heavy atom. The molecular weight excluding hydrogens is 334 g/mol. The summed E-state index contributed by atoms with van der Waals surface area (Å²) in [6, 6.07) is 10.6. The minimum atomic E-state index is -0.282. The van der Waals surface area contributed by atoms with E-state index in [0.29, 0.717) is 12.1 Å². The Labute approximate surface area is 130 Å². The molecule has 108 valence electrons. The van der Waals surface area contributed by atoms with Crippen molar-refractivity contribution in [2.45, 2.75) is 6.54 Å². The molecule has 0 fully saturated rings. The maximum absolute atomic E-state index is 11.9. The summed E-state index contributed by atoms with van der Waals surface area (Å²) in [5, 5.41) is 5.30. The van der Waals surface area contributed by atoms with Gasteiger partial charge in [0.25, 0.3) is 5.91 Å². The van der Waals surface area contributed by atoms with Gasteiger partial charge in [-0.05, 0) is 35.9 Å². The van der Waals surface area contributed by atoms with E-state index in [1.807, 2.05) is 18.2 Å². The van der Waals surface area contributed by atoms with E-state index in [1.165, 1.54) is 0 Å². The monoisotopic (exact) mass is 347 g/mol. The quantitative estimate of drug-likeness (QED) is 0.867. The highest BCUT2D eigenvalue weighted by atomic mass is 79.9. The third-order valence-corrected chi connectivity index (χ3v) is 3.23. The number of nitrogens with zero attached hydrogens (tertiary/aromatic N) is 1. The van der Waals surface area contributed by atoms with E-state index >= 15 is 0 Å². The number of hydrogen-bond acceptors (Lipinski definition) is 3. The number of halogens is 1. The molecule has 6 heteroatoms. The molecule has 0 saturated carbocycles. The van der Waals surface area contributed by atoms with Gasteiger partial charge in [0, 0.05) is 29.0 Å². The van der Waals surface area contributed by atoms with E-state index in [4.69, 9.17) is 0 Å². The van der Waals surface area contributed by atoms with Gasteiger partial charge in [-0.2, -0.15) is 0 Å². The number of pyridine rings is 1. The first-order valence-electron chi connectivity index (χ1n) is 6.34. The van der Waals surface area contributed by atoms with Crippen LogP contribution in [0.3, 0.4) is 0 Å². The summed E-state index contributed by atoms with van der Waals surface area (Å²) in [6.07, 6.45) is 3.33.